The molecule has 2 rings (SSSR count). The van der Waals surface area contributed by atoms with Gasteiger partial charge in [0.05, 0.1) is 16.7 Å². The van der Waals surface area contributed by atoms with E-state index in [4.69, 9.17) is 0 Å². The maximum absolute atomic E-state index is 12.2. The van der Waals surface area contributed by atoms with Crippen LogP contribution in [-0.4, -0.2) is 47.1 Å². The van der Waals surface area contributed by atoms with Gasteiger partial charge in [0.1, 0.15) is 6.54 Å². The molecule has 0 fully saturated rings. The predicted octanol–water partition coefficient (Wildman–Crippen LogP) is 0.0756. The molecule has 0 unspecified atom stereocenters. The SMILES string of the molecule is CC(=O)OC(=O)CN1C(=O)c2ccc(C(=O)OC(C)=O)cc2C1=O. The van der Waals surface area contributed by atoms with Crippen LogP contribution >= 0.6 is 0 Å². The van der Waals surface area contributed by atoms with E-state index in [1.165, 1.54) is 12.1 Å². The minimum absolute atomic E-state index is 0.0185. The molecule has 1 aromatic rings. The Morgan fingerprint density at radius 3 is 2.08 bits per heavy atom. The summed E-state index contributed by atoms with van der Waals surface area (Å²) in [5, 5.41) is 0. The molecule has 124 valence electrons. The van der Waals surface area contributed by atoms with Gasteiger partial charge in [0.25, 0.3) is 11.8 Å². The molecule has 0 atom stereocenters. The maximum atomic E-state index is 12.2. The van der Waals surface area contributed by atoms with Crippen molar-refractivity contribution in [1.82, 2.24) is 4.90 Å². The van der Waals surface area contributed by atoms with Crippen LogP contribution in [0.2, 0.25) is 0 Å². The molecule has 1 heterocycles. The Hall–Kier alpha value is -3.36. The number of carbonyl (C=O) groups is 6. The van der Waals surface area contributed by atoms with Crippen LogP contribution in [0.25, 0.3) is 0 Å². The van der Waals surface area contributed by atoms with Gasteiger partial charge in [0.15, 0.2) is 0 Å². The lowest BCUT2D eigenvalue weighted by molar-refractivity contribution is -0.158. The second-order valence-corrected chi connectivity index (χ2v) is 4.80. The van der Waals surface area contributed by atoms with E-state index in [-0.39, 0.29) is 16.7 Å². The lowest BCUT2D eigenvalue weighted by Gasteiger charge is -2.11. The number of amides is 2. The summed E-state index contributed by atoms with van der Waals surface area (Å²) in [5.41, 5.74) is -0.234. The summed E-state index contributed by atoms with van der Waals surface area (Å²) in [5.74, 6) is -5.31. The highest BCUT2D eigenvalue weighted by Gasteiger charge is 2.37. The lowest BCUT2D eigenvalue weighted by Crippen LogP contribution is -2.36. The molecule has 0 spiro atoms. The third kappa shape index (κ3) is 3.35. The van der Waals surface area contributed by atoms with Crippen LogP contribution in [0.4, 0.5) is 0 Å². The van der Waals surface area contributed by atoms with Gasteiger partial charge in [-0.25, -0.2) is 9.59 Å². The average molecular weight is 333 g/mol. The highest BCUT2D eigenvalue weighted by Crippen LogP contribution is 2.24. The van der Waals surface area contributed by atoms with Crippen molar-refractivity contribution in [3.63, 3.8) is 0 Å². The van der Waals surface area contributed by atoms with Crippen molar-refractivity contribution in [2.75, 3.05) is 6.54 Å². The molecule has 0 saturated carbocycles. The van der Waals surface area contributed by atoms with Crippen LogP contribution in [0.5, 0.6) is 0 Å². The van der Waals surface area contributed by atoms with Crippen LogP contribution in [0.3, 0.4) is 0 Å². The monoisotopic (exact) mass is 333 g/mol. The standard InChI is InChI=1S/C15H11NO8/c1-7(17)23-12(19)6-16-13(20)10-4-3-9(5-11(10)14(16)21)15(22)24-8(2)18/h3-5H,6H2,1-2H3. The van der Waals surface area contributed by atoms with Crippen LogP contribution < -0.4 is 0 Å². The van der Waals surface area contributed by atoms with Crippen LogP contribution in [0.15, 0.2) is 18.2 Å². The summed E-state index contributed by atoms with van der Waals surface area (Å²) in [6.45, 7) is 1.31. The van der Waals surface area contributed by atoms with Gasteiger partial charge in [-0.05, 0) is 18.2 Å². The summed E-state index contributed by atoms with van der Waals surface area (Å²) < 4.78 is 8.67. The summed E-state index contributed by atoms with van der Waals surface area (Å²) in [4.78, 5) is 69.5. The Bertz CT molecular complexity index is 795. The molecule has 0 bridgehead atoms. The van der Waals surface area contributed by atoms with Gasteiger partial charge >= 0.3 is 23.9 Å². The van der Waals surface area contributed by atoms with Crippen molar-refractivity contribution in [2.24, 2.45) is 0 Å². The molecule has 1 aliphatic heterocycles. The summed E-state index contributed by atoms with van der Waals surface area (Å²) in [6, 6.07) is 3.52. The van der Waals surface area contributed by atoms with Gasteiger partial charge in [0, 0.05) is 13.8 Å². The number of hydrogen-bond acceptors (Lipinski definition) is 8. The molecular weight excluding hydrogens is 322 g/mol. The van der Waals surface area contributed by atoms with Gasteiger partial charge in [-0.3, -0.25) is 24.1 Å². The van der Waals surface area contributed by atoms with E-state index in [0.29, 0.717) is 4.90 Å². The normalized spacial score (nSPS) is 12.7. The molecule has 24 heavy (non-hydrogen) atoms. The minimum Gasteiger partial charge on any atom is -0.392 e. The third-order valence-electron chi connectivity index (χ3n) is 2.99. The first-order valence-corrected chi connectivity index (χ1v) is 6.65. The summed E-state index contributed by atoms with van der Waals surface area (Å²) in [7, 11) is 0. The van der Waals surface area contributed by atoms with Gasteiger partial charge in [-0.2, -0.15) is 0 Å². The number of imide groups is 1. The number of esters is 4. The van der Waals surface area contributed by atoms with Crippen LogP contribution in [0.1, 0.15) is 44.9 Å². The van der Waals surface area contributed by atoms with E-state index in [1.54, 1.807) is 0 Å². The van der Waals surface area contributed by atoms with Crippen molar-refractivity contribution in [1.29, 1.82) is 0 Å². The summed E-state index contributed by atoms with van der Waals surface area (Å²) >= 11 is 0. The first kappa shape index (κ1) is 17.0. The van der Waals surface area contributed by atoms with E-state index >= 15 is 0 Å². The third-order valence-corrected chi connectivity index (χ3v) is 2.99. The average Bonchev–Trinajstić information content (AvgIpc) is 2.70. The van der Waals surface area contributed by atoms with Gasteiger partial charge in [-0.1, -0.05) is 0 Å². The molecule has 0 N–H and O–H groups in total. The topological polar surface area (TPSA) is 124 Å². The zero-order chi connectivity index (χ0) is 18.0. The second-order valence-electron chi connectivity index (χ2n) is 4.80. The van der Waals surface area contributed by atoms with Crippen LogP contribution in [-0.2, 0) is 23.9 Å². The number of benzene rings is 1. The largest absolute Gasteiger partial charge is 0.392 e. The molecular formula is C15H11NO8. The van der Waals surface area contributed by atoms with Gasteiger partial charge in [0.2, 0.25) is 0 Å². The Morgan fingerprint density at radius 1 is 0.917 bits per heavy atom. The number of rotatable bonds is 3. The van der Waals surface area contributed by atoms with E-state index in [0.717, 1.165) is 19.9 Å². The zero-order valence-corrected chi connectivity index (χ0v) is 12.7. The second kappa shape index (κ2) is 6.41. The molecule has 1 aromatic carbocycles. The number of hydrogen-bond donors (Lipinski definition) is 0. The zero-order valence-electron chi connectivity index (χ0n) is 12.7. The fourth-order valence-corrected chi connectivity index (χ4v) is 2.07. The number of nitrogens with zero attached hydrogens (tertiary/aromatic N) is 1. The van der Waals surface area contributed by atoms with Gasteiger partial charge < -0.3 is 9.47 Å². The number of carbonyl (C=O) groups excluding carboxylic acids is 6. The Morgan fingerprint density at radius 2 is 1.50 bits per heavy atom. The molecule has 1 aliphatic rings. The Kier molecular flexibility index (Phi) is 4.54. The fourth-order valence-electron chi connectivity index (χ4n) is 2.07. The van der Waals surface area contributed by atoms with Crippen molar-refractivity contribution in [3.8, 4) is 0 Å². The lowest BCUT2D eigenvalue weighted by atomic mass is 10.1. The highest BCUT2D eigenvalue weighted by molar-refractivity contribution is 6.23. The first-order chi connectivity index (χ1) is 11.2. The smallest absolute Gasteiger partial charge is 0.345 e. The van der Waals surface area contributed by atoms with Crippen molar-refractivity contribution in [2.45, 2.75) is 13.8 Å². The quantitative estimate of drug-likeness (QED) is 0.432. The molecule has 0 aromatic heterocycles. The number of ether oxygens (including phenoxy) is 2. The van der Waals surface area contributed by atoms with Crippen molar-refractivity contribution in [3.05, 3.63) is 34.9 Å². The molecule has 0 saturated heterocycles. The number of fused-ring (bicyclic) bond motifs is 1. The van der Waals surface area contributed by atoms with Crippen LogP contribution in [0, 0.1) is 0 Å². The molecule has 0 aliphatic carbocycles. The van der Waals surface area contributed by atoms with Crippen molar-refractivity contribution >= 4 is 35.7 Å². The van der Waals surface area contributed by atoms with E-state index in [9.17, 15) is 28.8 Å². The molecule has 2 amide bonds. The fraction of sp³-hybridized carbons (Fsp3) is 0.200. The predicted molar refractivity (Wildman–Crippen MR) is 74.7 cm³/mol. The molecule has 9 heteroatoms. The minimum atomic E-state index is -1.06. The van der Waals surface area contributed by atoms with E-state index < -0.39 is 42.2 Å². The van der Waals surface area contributed by atoms with Gasteiger partial charge in [-0.15, -0.1) is 0 Å². The molecule has 0 radical (unpaired) electrons. The Balaban J connectivity index is 2.25. The van der Waals surface area contributed by atoms with Crippen molar-refractivity contribution < 1.29 is 38.2 Å². The molecule has 9 nitrogen and oxygen atoms in total. The maximum Gasteiger partial charge on any atom is 0.345 e. The summed E-state index contributed by atoms with van der Waals surface area (Å²) in [6.07, 6.45) is 0. The Labute approximate surface area is 135 Å². The first-order valence-electron chi connectivity index (χ1n) is 6.65. The van der Waals surface area contributed by atoms with E-state index in [1.807, 2.05) is 0 Å². The highest BCUT2D eigenvalue weighted by atomic mass is 16.6. The van der Waals surface area contributed by atoms with E-state index in [2.05, 4.69) is 9.47 Å².